The normalized spacial score (nSPS) is 12.4. The molecule has 0 rings (SSSR count). The molecule has 0 bridgehead atoms. The number of hydrogen-bond donors (Lipinski definition) is 1. The summed E-state index contributed by atoms with van der Waals surface area (Å²) in [6.07, 6.45) is 13.8. The first-order chi connectivity index (χ1) is 8.72. The zero-order chi connectivity index (χ0) is 13.6. The maximum atomic E-state index is 11.1. The number of carbonyl (C=O) groups excluding carboxylic acids is 1. The Bertz CT molecular complexity index is 195. The Kier molecular flexibility index (Phi) is 12.5. The van der Waals surface area contributed by atoms with Crippen LogP contribution in [-0.4, -0.2) is 19.1 Å². The lowest BCUT2D eigenvalue weighted by molar-refractivity contribution is -0.142. The number of nitrogens with two attached hydrogens (primary N) is 1. The lowest BCUT2D eigenvalue weighted by Gasteiger charge is -2.08. The van der Waals surface area contributed by atoms with Gasteiger partial charge in [-0.3, -0.25) is 4.79 Å². The third kappa shape index (κ3) is 10.6. The summed E-state index contributed by atoms with van der Waals surface area (Å²) in [5.74, 6) is -0.286. The Morgan fingerprint density at radius 2 is 1.39 bits per heavy atom. The highest BCUT2D eigenvalue weighted by molar-refractivity contribution is 5.75. The summed E-state index contributed by atoms with van der Waals surface area (Å²) in [5.41, 5.74) is 5.66. The first-order valence-electron chi connectivity index (χ1n) is 7.55. The molecule has 0 aliphatic heterocycles. The molecule has 0 radical (unpaired) electrons. The molecule has 0 aliphatic rings. The van der Waals surface area contributed by atoms with E-state index in [0.29, 0.717) is 0 Å². The van der Waals surface area contributed by atoms with E-state index in [2.05, 4.69) is 11.7 Å². The summed E-state index contributed by atoms with van der Waals surface area (Å²) in [6.45, 7) is 2.25. The zero-order valence-electron chi connectivity index (χ0n) is 12.2. The Morgan fingerprint density at radius 3 is 1.83 bits per heavy atom. The molecule has 0 saturated carbocycles. The fourth-order valence-electron chi connectivity index (χ4n) is 2.12. The molecular formula is C15H31NO2. The number of unbranched alkanes of at least 4 members (excludes halogenated alkanes) is 9. The van der Waals surface area contributed by atoms with Crippen LogP contribution in [0.2, 0.25) is 0 Å². The third-order valence-corrected chi connectivity index (χ3v) is 3.37. The van der Waals surface area contributed by atoms with Crippen LogP contribution < -0.4 is 5.73 Å². The van der Waals surface area contributed by atoms with Crippen molar-refractivity contribution in [3.8, 4) is 0 Å². The molecule has 18 heavy (non-hydrogen) atoms. The van der Waals surface area contributed by atoms with Crippen molar-refractivity contribution in [2.45, 2.75) is 83.6 Å². The fraction of sp³-hybridized carbons (Fsp3) is 0.933. The van der Waals surface area contributed by atoms with E-state index in [-0.39, 0.29) is 5.97 Å². The van der Waals surface area contributed by atoms with E-state index < -0.39 is 6.04 Å². The van der Waals surface area contributed by atoms with Gasteiger partial charge in [0.15, 0.2) is 0 Å². The highest BCUT2D eigenvalue weighted by Gasteiger charge is 2.12. The lowest BCUT2D eigenvalue weighted by Crippen LogP contribution is -2.31. The van der Waals surface area contributed by atoms with E-state index in [4.69, 9.17) is 5.73 Å². The highest BCUT2D eigenvalue weighted by atomic mass is 16.5. The molecule has 0 aromatic carbocycles. The summed E-state index contributed by atoms with van der Waals surface area (Å²) in [4.78, 5) is 11.1. The smallest absolute Gasteiger partial charge is 0.322 e. The van der Waals surface area contributed by atoms with Gasteiger partial charge in [-0.1, -0.05) is 71.1 Å². The van der Waals surface area contributed by atoms with Gasteiger partial charge in [-0.15, -0.1) is 0 Å². The average Bonchev–Trinajstić information content (AvgIpc) is 2.39. The van der Waals surface area contributed by atoms with E-state index in [1.165, 1.54) is 64.9 Å². The van der Waals surface area contributed by atoms with E-state index in [9.17, 15) is 4.79 Å². The van der Waals surface area contributed by atoms with Crippen LogP contribution in [-0.2, 0) is 9.53 Å². The van der Waals surface area contributed by atoms with Crippen LogP contribution >= 0.6 is 0 Å². The first-order valence-corrected chi connectivity index (χ1v) is 7.55. The van der Waals surface area contributed by atoms with Gasteiger partial charge >= 0.3 is 5.97 Å². The van der Waals surface area contributed by atoms with Gasteiger partial charge in [-0.05, 0) is 6.42 Å². The molecule has 0 aliphatic carbocycles. The van der Waals surface area contributed by atoms with Crippen LogP contribution in [0.5, 0.6) is 0 Å². The number of esters is 1. The molecule has 3 nitrogen and oxygen atoms in total. The van der Waals surface area contributed by atoms with Crippen molar-refractivity contribution in [1.29, 1.82) is 0 Å². The molecule has 0 aromatic heterocycles. The largest absolute Gasteiger partial charge is 0.468 e. The van der Waals surface area contributed by atoms with E-state index in [0.717, 1.165) is 12.8 Å². The number of rotatable bonds is 12. The molecule has 2 N–H and O–H groups in total. The van der Waals surface area contributed by atoms with Crippen LogP contribution in [0.25, 0.3) is 0 Å². The number of hydrogen-bond acceptors (Lipinski definition) is 3. The Labute approximate surface area is 112 Å². The average molecular weight is 257 g/mol. The lowest BCUT2D eigenvalue weighted by atomic mass is 10.0. The van der Waals surface area contributed by atoms with Gasteiger partial charge in [0.25, 0.3) is 0 Å². The minimum absolute atomic E-state index is 0.286. The minimum Gasteiger partial charge on any atom is -0.468 e. The molecule has 1 unspecified atom stereocenters. The maximum absolute atomic E-state index is 11.1. The summed E-state index contributed by atoms with van der Waals surface area (Å²) in [7, 11) is 1.39. The molecule has 3 heteroatoms. The van der Waals surface area contributed by atoms with E-state index >= 15 is 0 Å². The van der Waals surface area contributed by atoms with Gasteiger partial charge in [0.1, 0.15) is 6.04 Å². The second-order valence-electron chi connectivity index (χ2n) is 5.10. The molecule has 0 amide bonds. The van der Waals surface area contributed by atoms with Gasteiger partial charge in [0.05, 0.1) is 7.11 Å². The second kappa shape index (κ2) is 12.9. The van der Waals surface area contributed by atoms with Crippen molar-refractivity contribution in [3.05, 3.63) is 0 Å². The van der Waals surface area contributed by atoms with E-state index in [1.807, 2.05) is 0 Å². The van der Waals surface area contributed by atoms with Crippen LogP contribution in [0.3, 0.4) is 0 Å². The minimum atomic E-state index is -0.427. The first kappa shape index (κ1) is 17.4. The molecule has 0 saturated heterocycles. The highest BCUT2D eigenvalue weighted by Crippen LogP contribution is 2.11. The van der Waals surface area contributed by atoms with Crippen LogP contribution in [0, 0.1) is 0 Å². The molecule has 108 valence electrons. The predicted molar refractivity (Wildman–Crippen MR) is 76.5 cm³/mol. The van der Waals surface area contributed by atoms with Gasteiger partial charge in [0.2, 0.25) is 0 Å². The maximum Gasteiger partial charge on any atom is 0.322 e. The summed E-state index contributed by atoms with van der Waals surface area (Å²) in [5, 5.41) is 0. The van der Waals surface area contributed by atoms with Crippen molar-refractivity contribution in [1.82, 2.24) is 0 Å². The summed E-state index contributed by atoms with van der Waals surface area (Å²) < 4.78 is 4.59. The zero-order valence-corrected chi connectivity index (χ0v) is 12.2. The van der Waals surface area contributed by atoms with Crippen molar-refractivity contribution in [3.63, 3.8) is 0 Å². The third-order valence-electron chi connectivity index (χ3n) is 3.37. The van der Waals surface area contributed by atoms with Crippen molar-refractivity contribution < 1.29 is 9.53 Å². The standard InChI is InChI=1S/C15H31NO2/c1-3-4-5-6-7-8-9-10-11-12-13-14(16)15(17)18-2/h14H,3-13,16H2,1-2H3. The van der Waals surface area contributed by atoms with Crippen molar-refractivity contribution in [2.75, 3.05) is 7.11 Å². The fourth-order valence-corrected chi connectivity index (χ4v) is 2.12. The van der Waals surface area contributed by atoms with Gasteiger partial charge in [-0.25, -0.2) is 0 Å². The van der Waals surface area contributed by atoms with Gasteiger partial charge in [0, 0.05) is 0 Å². The molecule has 1 atom stereocenters. The van der Waals surface area contributed by atoms with E-state index in [1.54, 1.807) is 0 Å². The quantitative estimate of drug-likeness (QED) is 0.427. The molecule has 0 aromatic rings. The predicted octanol–water partition coefficient (Wildman–Crippen LogP) is 3.80. The summed E-state index contributed by atoms with van der Waals surface area (Å²) >= 11 is 0. The Balaban J connectivity index is 3.14. The van der Waals surface area contributed by atoms with Gasteiger partial charge < -0.3 is 10.5 Å². The van der Waals surface area contributed by atoms with Gasteiger partial charge in [-0.2, -0.15) is 0 Å². The topological polar surface area (TPSA) is 52.3 Å². The SMILES string of the molecule is CCCCCCCCCCCCC(N)C(=O)OC. The number of methoxy groups -OCH3 is 1. The van der Waals surface area contributed by atoms with Crippen LogP contribution in [0.1, 0.15) is 77.6 Å². The number of carbonyl (C=O) groups is 1. The van der Waals surface area contributed by atoms with Crippen molar-refractivity contribution >= 4 is 5.97 Å². The monoisotopic (exact) mass is 257 g/mol. The molecular weight excluding hydrogens is 226 g/mol. The second-order valence-corrected chi connectivity index (χ2v) is 5.10. The van der Waals surface area contributed by atoms with Crippen LogP contribution in [0.4, 0.5) is 0 Å². The number of ether oxygens (including phenoxy) is 1. The summed E-state index contributed by atoms with van der Waals surface area (Å²) in [6, 6.07) is -0.427. The van der Waals surface area contributed by atoms with Crippen molar-refractivity contribution in [2.24, 2.45) is 5.73 Å². The molecule has 0 heterocycles. The van der Waals surface area contributed by atoms with Crippen LogP contribution in [0.15, 0.2) is 0 Å². The molecule has 0 spiro atoms. The Hall–Kier alpha value is -0.570. The Morgan fingerprint density at radius 1 is 0.944 bits per heavy atom. The molecule has 0 fully saturated rings.